The van der Waals surface area contributed by atoms with Gasteiger partial charge in [0.15, 0.2) is 0 Å². The van der Waals surface area contributed by atoms with E-state index < -0.39 is 0 Å². The van der Waals surface area contributed by atoms with Crippen molar-refractivity contribution in [1.82, 2.24) is 0 Å². The van der Waals surface area contributed by atoms with Gasteiger partial charge in [-0.2, -0.15) is 12.2 Å². The summed E-state index contributed by atoms with van der Waals surface area (Å²) in [5.41, 5.74) is 0. The number of hydrogen-bond acceptors (Lipinski definition) is 0. The molecule has 0 saturated carbocycles. The van der Waals surface area contributed by atoms with Crippen LogP contribution in [-0.2, 0) is 18.6 Å². The maximum Gasteiger partial charge on any atom is 2.00 e. The summed E-state index contributed by atoms with van der Waals surface area (Å²) in [6, 6.07) is 0. The van der Waals surface area contributed by atoms with Gasteiger partial charge < -0.3 is 0 Å². The Morgan fingerprint density at radius 3 is 1.33 bits per heavy atom. The smallest absolute Gasteiger partial charge is 0.273 e. The topological polar surface area (TPSA) is 0 Å². The molecular weight excluding hydrogens is 207 g/mol. The van der Waals surface area contributed by atoms with Gasteiger partial charge in [0.25, 0.3) is 0 Å². The zero-order valence-electron chi connectivity index (χ0n) is 6.73. The van der Waals surface area contributed by atoms with E-state index in [2.05, 4.69) is 24.3 Å². The van der Waals surface area contributed by atoms with E-state index in [1.54, 1.807) is 0 Å². The molecule has 0 N–H and O–H groups in total. The van der Waals surface area contributed by atoms with Crippen molar-refractivity contribution in [2.75, 3.05) is 0 Å². The van der Waals surface area contributed by atoms with Crippen molar-refractivity contribution in [2.45, 2.75) is 12.8 Å². The molecule has 0 unspecified atom stereocenters. The SMILES string of the molecule is Cl.[C-]1=CC=CC1.[C-]1=CC=CC1.[V+2]. The van der Waals surface area contributed by atoms with Gasteiger partial charge >= 0.3 is 18.6 Å². The Morgan fingerprint density at radius 1 is 0.833 bits per heavy atom. The van der Waals surface area contributed by atoms with E-state index in [9.17, 15) is 0 Å². The van der Waals surface area contributed by atoms with Crippen LogP contribution in [0.1, 0.15) is 12.8 Å². The number of hydrogen-bond donors (Lipinski definition) is 0. The quantitative estimate of drug-likeness (QED) is 0.547. The van der Waals surface area contributed by atoms with Crippen molar-refractivity contribution in [3.05, 3.63) is 48.6 Å². The van der Waals surface area contributed by atoms with E-state index in [0.717, 1.165) is 12.8 Å². The monoisotopic (exact) mass is 217 g/mol. The van der Waals surface area contributed by atoms with E-state index in [4.69, 9.17) is 0 Å². The van der Waals surface area contributed by atoms with Gasteiger partial charge in [0.2, 0.25) is 0 Å². The Hall–Kier alpha value is -0.166. The van der Waals surface area contributed by atoms with Crippen LogP contribution in [0.25, 0.3) is 0 Å². The van der Waals surface area contributed by atoms with Gasteiger partial charge in [-0.3, -0.25) is 12.2 Å². The third-order valence-corrected chi connectivity index (χ3v) is 1.17. The summed E-state index contributed by atoms with van der Waals surface area (Å²) in [6.45, 7) is 0. The molecule has 0 saturated heterocycles. The summed E-state index contributed by atoms with van der Waals surface area (Å²) < 4.78 is 0. The molecule has 0 aromatic heterocycles. The average Bonchev–Trinajstić information content (AvgIpc) is 2.67. The second kappa shape index (κ2) is 10.8. The Kier molecular flexibility index (Phi) is 13.0. The molecule has 1 radical (unpaired) electrons. The number of allylic oxidation sites excluding steroid dienone is 8. The maximum atomic E-state index is 2.99. The molecule has 2 aliphatic rings. The Morgan fingerprint density at radius 2 is 1.25 bits per heavy atom. The molecule has 0 heterocycles. The van der Waals surface area contributed by atoms with Crippen LogP contribution in [0.2, 0.25) is 0 Å². The fourth-order valence-corrected chi connectivity index (χ4v) is 0.680. The Bertz CT molecular complexity index is 148. The van der Waals surface area contributed by atoms with Crippen molar-refractivity contribution in [3.63, 3.8) is 0 Å². The van der Waals surface area contributed by atoms with Crippen molar-refractivity contribution in [2.24, 2.45) is 0 Å². The van der Waals surface area contributed by atoms with Crippen LogP contribution in [0.4, 0.5) is 0 Å². The normalized spacial score (nSPS) is 14.7. The minimum atomic E-state index is 0. The van der Waals surface area contributed by atoms with E-state index in [0.29, 0.717) is 0 Å². The van der Waals surface area contributed by atoms with Crippen molar-refractivity contribution in [1.29, 1.82) is 0 Å². The first kappa shape index (κ1) is 14.4. The predicted octanol–water partition coefficient (Wildman–Crippen LogP) is 3.03. The molecule has 0 aromatic carbocycles. The molecule has 0 amide bonds. The molecular formula is C10H11ClV. The standard InChI is InChI=1S/2C5H5.ClH.V/c2*1-2-4-5-3-1;;/h2*1-3H,4H2;1H;/q2*-1;;+2. The van der Waals surface area contributed by atoms with Gasteiger partial charge in [0, 0.05) is 0 Å². The maximum absolute atomic E-state index is 2.99. The minimum Gasteiger partial charge on any atom is -0.273 e. The zero-order valence-corrected chi connectivity index (χ0v) is 8.95. The largest absolute Gasteiger partial charge is 2.00 e. The van der Waals surface area contributed by atoms with Gasteiger partial charge in [-0.15, -0.1) is 25.2 Å². The fourth-order valence-electron chi connectivity index (χ4n) is 0.680. The summed E-state index contributed by atoms with van der Waals surface area (Å²) in [6.07, 6.45) is 20.0. The van der Waals surface area contributed by atoms with Gasteiger partial charge in [-0.25, -0.2) is 24.3 Å². The van der Waals surface area contributed by atoms with Gasteiger partial charge in [-0.1, -0.05) is 0 Å². The molecule has 2 heteroatoms. The van der Waals surface area contributed by atoms with Gasteiger partial charge in [-0.05, 0) is 0 Å². The van der Waals surface area contributed by atoms with E-state index in [1.807, 2.05) is 24.3 Å². The van der Waals surface area contributed by atoms with Gasteiger partial charge in [0.05, 0.1) is 0 Å². The molecule has 0 bridgehead atoms. The van der Waals surface area contributed by atoms with Crippen LogP contribution in [0.3, 0.4) is 0 Å². The molecule has 2 aliphatic carbocycles. The summed E-state index contributed by atoms with van der Waals surface area (Å²) in [4.78, 5) is 0. The molecule has 0 nitrogen and oxygen atoms in total. The van der Waals surface area contributed by atoms with Gasteiger partial charge in [0.1, 0.15) is 0 Å². The zero-order chi connectivity index (χ0) is 7.07. The first-order valence-electron chi connectivity index (χ1n) is 3.43. The van der Waals surface area contributed by atoms with E-state index in [-0.39, 0.29) is 31.0 Å². The third-order valence-electron chi connectivity index (χ3n) is 1.17. The predicted molar refractivity (Wildman–Crippen MR) is 50.4 cm³/mol. The molecule has 12 heavy (non-hydrogen) atoms. The Labute approximate surface area is 92.4 Å². The van der Waals surface area contributed by atoms with Crippen molar-refractivity contribution in [3.8, 4) is 0 Å². The fraction of sp³-hybridized carbons (Fsp3) is 0.200. The molecule has 0 aliphatic heterocycles. The minimum absolute atomic E-state index is 0. The summed E-state index contributed by atoms with van der Waals surface area (Å²) in [5.74, 6) is 0. The van der Waals surface area contributed by atoms with E-state index >= 15 is 0 Å². The van der Waals surface area contributed by atoms with Crippen LogP contribution >= 0.6 is 12.4 Å². The molecule has 0 aromatic rings. The second-order valence-corrected chi connectivity index (χ2v) is 2.01. The summed E-state index contributed by atoms with van der Waals surface area (Å²) in [7, 11) is 0. The van der Waals surface area contributed by atoms with Crippen LogP contribution in [-0.4, -0.2) is 0 Å². The number of halogens is 1. The molecule has 0 spiro atoms. The van der Waals surface area contributed by atoms with Crippen LogP contribution in [0.15, 0.2) is 36.5 Å². The van der Waals surface area contributed by atoms with Crippen molar-refractivity contribution < 1.29 is 18.6 Å². The molecule has 0 fully saturated rings. The molecule has 2 rings (SSSR count). The Balaban J connectivity index is 0. The van der Waals surface area contributed by atoms with Crippen LogP contribution in [0.5, 0.6) is 0 Å². The third kappa shape index (κ3) is 7.94. The van der Waals surface area contributed by atoms with Crippen LogP contribution < -0.4 is 0 Å². The molecule has 0 atom stereocenters. The summed E-state index contributed by atoms with van der Waals surface area (Å²) in [5, 5.41) is 0. The number of rotatable bonds is 0. The van der Waals surface area contributed by atoms with E-state index in [1.165, 1.54) is 0 Å². The first-order chi connectivity index (χ1) is 5.00. The second-order valence-electron chi connectivity index (χ2n) is 2.01. The average molecular weight is 218 g/mol. The first-order valence-corrected chi connectivity index (χ1v) is 3.43. The summed E-state index contributed by atoms with van der Waals surface area (Å²) >= 11 is 0. The molecule has 63 valence electrons. The van der Waals surface area contributed by atoms with Crippen LogP contribution in [0, 0.1) is 12.2 Å². The van der Waals surface area contributed by atoms with Crippen molar-refractivity contribution >= 4 is 12.4 Å².